The average Bonchev–Trinajstić information content (AvgIpc) is 3.72. The smallest absolute Gasteiger partial charge is 0.274 e. The molecular formula is C28H34N8O2S. The molecule has 3 heterocycles. The van der Waals surface area contributed by atoms with Crippen molar-refractivity contribution in [2.45, 2.75) is 33.1 Å². The predicted molar refractivity (Wildman–Crippen MR) is 157 cm³/mol. The summed E-state index contributed by atoms with van der Waals surface area (Å²) in [7, 11) is 3.41. The number of pyridine rings is 2. The van der Waals surface area contributed by atoms with Crippen LogP contribution in [0.5, 0.6) is 0 Å². The fourth-order valence-electron chi connectivity index (χ4n) is 3.76. The van der Waals surface area contributed by atoms with Gasteiger partial charge in [-0.1, -0.05) is 30.3 Å². The molecule has 0 unspecified atom stereocenters. The van der Waals surface area contributed by atoms with Gasteiger partial charge in [0, 0.05) is 50.0 Å². The van der Waals surface area contributed by atoms with Crippen LogP contribution in [0.1, 0.15) is 54.1 Å². The lowest BCUT2D eigenvalue weighted by atomic mass is 10.1. The summed E-state index contributed by atoms with van der Waals surface area (Å²) in [5, 5.41) is 13.4. The number of aryl methyl sites for hydroxylation is 1. The zero-order chi connectivity index (χ0) is 27.8. The highest BCUT2D eigenvalue weighted by Gasteiger charge is 2.21. The third-order valence-electron chi connectivity index (χ3n) is 6.31. The molecule has 1 saturated carbocycles. The number of nitrogens with one attached hydrogen (secondary N) is 3. The van der Waals surface area contributed by atoms with Crippen molar-refractivity contribution in [2.24, 2.45) is 18.0 Å². The van der Waals surface area contributed by atoms with Gasteiger partial charge >= 0.3 is 0 Å². The van der Waals surface area contributed by atoms with E-state index in [0.717, 1.165) is 35.2 Å². The maximum Gasteiger partial charge on any atom is 0.274 e. The van der Waals surface area contributed by atoms with E-state index in [0.29, 0.717) is 17.9 Å². The van der Waals surface area contributed by atoms with Crippen LogP contribution in [0.15, 0.2) is 58.2 Å². The molecule has 3 N–H and O–H groups in total. The van der Waals surface area contributed by atoms with Gasteiger partial charge in [-0.05, 0) is 56.4 Å². The van der Waals surface area contributed by atoms with Crippen molar-refractivity contribution in [3.8, 4) is 11.3 Å². The molecule has 0 bridgehead atoms. The molecule has 0 aliphatic heterocycles. The van der Waals surface area contributed by atoms with Crippen LogP contribution in [0.25, 0.3) is 11.3 Å². The molecule has 0 atom stereocenters. The molecule has 2 amide bonds. The van der Waals surface area contributed by atoms with E-state index in [1.165, 1.54) is 34.9 Å². The minimum atomic E-state index is -0.433. The molecule has 3 aromatic rings. The van der Waals surface area contributed by atoms with E-state index < -0.39 is 5.91 Å². The number of hydrogen-bond acceptors (Lipinski definition) is 8. The van der Waals surface area contributed by atoms with Gasteiger partial charge in [0.15, 0.2) is 5.69 Å². The Kier molecular flexibility index (Phi) is 9.48. The van der Waals surface area contributed by atoms with Crippen LogP contribution in [0.3, 0.4) is 0 Å². The molecule has 4 rings (SSSR count). The summed E-state index contributed by atoms with van der Waals surface area (Å²) in [6, 6.07) is 9.07. The van der Waals surface area contributed by atoms with Gasteiger partial charge in [-0.2, -0.15) is 5.10 Å². The highest BCUT2D eigenvalue weighted by molar-refractivity contribution is 8.15. The van der Waals surface area contributed by atoms with Crippen LogP contribution in [0.2, 0.25) is 0 Å². The number of amides is 2. The van der Waals surface area contributed by atoms with Crippen molar-refractivity contribution in [1.29, 1.82) is 0 Å². The van der Waals surface area contributed by atoms with Crippen LogP contribution in [0.4, 0.5) is 11.5 Å². The third kappa shape index (κ3) is 7.76. The number of aromatic nitrogens is 4. The molecule has 3 aromatic heterocycles. The number of nitrogens with zero attached hydrogens (tertiary/aromatic N) is 5. The molecule has 1 aliphatic carbocycles. The lowest BCUT2D eigenvalue weighted by molar-refractivity contribution is 0.0953. The number of aliphatic imine (C=N–C) groups is 1. The van der Waals surface area contributed by atoms with E-state index >= 15 is 0 Å². The number of thioether (sulfide) groups is 1. The molecular weight excluding hydrogens is 512 g/mol. The number of hydrogen-bond donors (Lipinski definition) is 3. The minimum Gasteiger partial charge on any atom is -0.370 e. The second kappa shape index (κ2) is 13.2. The molecule has 0 radical (unpaired) electrons. The monoisotopic (exact) mass is 546 g/mol. The van der Waals surface area contributed by atoms with E-state index in [-0.39, 0.29) is 17.3 Å². The maximum atomic E-state index is 13.2. The lowest BCUT2D eigenvalue weighted by Gasteiger charge is -2.11. The first-order chi connectivity index (χ1) is 18.9. The topological polar surface area (TPSA) is 126 Å². The number of carbonyl (C=O) groups is 2. The zero-order valence-electron chi connectivity index (χ0n) is 22.7. The first-order valence-corrected chi connectivity index (χ1v) is 13.8. The van der Waals surface area contributed by atoms with E-state index in [4.69, 9.17) is 0 Å². The van der Waals surface area contributed by atoms with Gasteiger partial charge in [-0.25, -0.2) is 9.97 Å². The molecule has 10 nitrogen and oxygen atoms in total. The maximum absolute atomic E-state index is 13.2. The standard InChI is InChI=1S/C28H34N8O2S/c1-5-18(2)24(39-17-29-3)15-32-28(38)26-23(16-36(4)35-26)34-27(37)22-8-6-7-21(33-22)20-11-12-30-25(13-20)31-14-19-9-10-19/h6-8,11-13,16-17,19H,5,9-10,14-15H2,1-4H3,(H,30,31)(H,32,38)(H,34,37). The number of anilines is 2. The minimum absolute atomic E-state index is 0.130. The largest absolute Gasteiger partial charge is 0.370 e. The second-order valence-corrected chi connectivity index (χ2v) is 10.3. The second-order valence-electron chi connectivity index (χ2n) is 9.40. The average molecular weight is 547 g/mol. The Hall–Kier alpha value is -3.99. The molecule has 0 aromatic carbocycles. The fraction of sp³-hybridized carbons (Fsp3) is 0.357. The first kappa shape index (κ1) is 28.0. The lowest BCUT2D eigenvalue weighted by Crippen LogP contribution is -2.27. The summed E-state index contributed by atoms with van der Waals surface area (Å²) in [5.74, 6) is 0.700. The van der Waals surface area contributed by atoms with Gasteiger partial charge in [-0.3, -0.25) is 19.3 Å². The van der Waals surface area contributed by atoms with Crippen molar-refractivity contribution < 1.29 is 9.59 Å². The first-order valence-electron chi connectivity index (χ1n) is 12.9. The zero-order valence-corrected chi connectivity index (χ0v) is 23.5. The Morgan fingerprint density at radius 2 is 2.05 bits per heavy atom. The Balaban J connectivity index is 1.46. The fourth-order valence-corrected chi connectivity index (χ4v) is 4.50. The highest BCUT2D eigenvalue weighted by Crippen LogP contribution is 2.29. The molecule has 11 heteroatoms. The van der Waals surface area contributed by atoms with Crippen molar-refractivity contribution in [3.63, 3.8) is 0 Å². The van der Waals surface area contributed by atoms with E-state index in [1.54, 1.807) is 44.2 Å². The van der Waals surface area contributed by atoms with Gasteiger partial charge in [0.1, 0.15) is 11.5 Å². The van der Waals surface area contributed by atoms with Crippen molar-refractivity contribution in [2.75, 3.05) is 30.8 Å². The Morgan fingerprint density at radius 1 is 1.23 bits per heavy atom. The van der Waals surface area contributed by atoms with Gasteiger partial charge in [-0.15, -0.1) is 0 Å². The molecule has 204 valence electrons. The van der Waals surface area contributed by atoms with Gasteiger partial charge < -0.3 is 16.0 Å². The summed E-state index contributed by atoms with van der Waals surface area (Å²) < 4.78 is 1.49. The van der Waals surface area contributed by atoms with Crippen LogP contribution >= 0.6 is 11.8 Å². The third-order valence-corrected chi connectivity index (χ3v) is 7.41. The van der Waals surface area contributed by atoms with E-state index in [9.17, 15) is 9.59 Å². The quantitative estimate of drug-likeness (QED) is 0.221. The van der Waals surface area contributed by atoms with Crippen LogP contribution in [-0.2, 0) is 7.05 Å². The Bertz CT molecular complexity index is 1390. The normalized spacial score (nSPS) is 13.7. The van der Waals surface area contributed by atoms with Gasteiger partial charge in [0.2, 0.25) is 0 Å². The Morgan fingerprint density at radius 3 is 2.79 bits per heavy atom. The van der Waals surface area contributed by atoms with Gasteiger partial charge in [0.05, 0.1) is 16.9 Å². The number of allylic oxidation sites excluding steroid dienone is 1. The van der Waals surface area contributed by atoms with Crippen molar-refractivity contribution in [1.82, 2.24) is 25.1 Å². The molecule has 0 saturated heterocycles. The SMILES string of the molecule is CCC(C)=C(CNC(=O)c1nn(C)cc1NC(=O)c1cccc(-c2ccnc(NCC3CC3)c2)n1)SC=NC. The van der Waals surface area contributed by atoms with Crippen LogP contribution in [0, 0.1) is 5.92 Å². The van der Waals surface area contributed by atoms with E-state index in [1.807, 2.05) is 25.1 Å². The summed E-state index contributed by atoms with van der Waals surface area (Å²) in [6.45, 7) is 5.35. The number of carbonyl (C=O) groups excluding carboxylic acids is 2. The molecule has 1 fully saturated rings. The summed E-state index contributed by atoms with van der Waals surface area (Å²) in [5.41, 5.74) is 5.09. The number of rotatable bonds is 12. The molecule has 39 heavy (non-hydrogen) atoms. The molecule has 0 spiro atoms. The summed E-state index contributed by atoms with van der Waals surface area (Å²) in [4.78, 5) is 40.2. The van der Waals surface area contributed by atoms with Crippen molar-refractivity contribution >= 4 is 40.6 Å². The van der Waals surface area contributed by atoms with Crippen molar-refractivity contribution in [3.05, 3.63) is 64.6 Å². The van der Waals surface area contributed by atoms with Gasteiger partial charge in [0.25, 0.3) is 11.8 Å². The van der Waals surface area contributed by atoms with Crippen LogP contribution < -0.4 is 16.0 Å². The molecule has 1 aliphatic rings. The summed E-state index contributed by atoms with van der Waals surface area (Å²) in [6.07, 6.45) is 6.72. The predicted octanol–water partition coefficient (Wildman–Crippen LogP) is 4.76. The Labute approximate surface area is 232 Å². The van der Waals surface area contributed by atoms with Crippen LogP contribution in [-0.4, -0.2) is 57.2 Å². The highest BCUT2D eigenvalue weighted by atomic mass is 32.2. The summed E-state index contributed by atoms with van der Waals surface area (Å²) >= 11 is 1.48. The van der Waals surface area contributed by atoms with E-state index in [2.05, 4.69) is 42.9 Å².